The van der Waals surface area contributed by atoms with Gasteiger partial charge >= 0.3 is 6.18 Å². The second kappa shape index (κ2) is 9.20. The van der Waals surface area contributed by atoms with Gasteiger partial charge in [0.05, 0.1) is 15.6 Å². The highest BCUT2D eigenvalue weighted by Crippen LogP contribution is 2.37. The van der Waals surface area contributed by atoms with Crippen LogP contribution < -0.4 is 4.74 Å². The molecule has 0 aliphatic rings. The maximum absolute atomic E-state index is 12.8. The first kappa shape index (κ1) is 22.3. The first-order valence-electron chi connectivity index (χ1n) is 8.43. The van der Waals surface area contributed by atoms with Crippen molar-refractivity contribution in [3.8, 4) is 11.6 Å². The molecule has 0 radical (unpaired) electrons. The third kappa shape index (κ3) is 5.84. The van der Waals surface area contributed by atoms with E-state index in [-0.39, 0.29) is 51.0 Å². The number of ether oxygens (including phenoxy) is 1. The highest BCUT2D eigenvalue weighted by molar-refractivity contribution is 6.37. The number of carbonyl (C=O) groups excluding carboxylic acids is 1. The first-order valence-corrected chi connectivity index (χ1v) is 9.56. The van der Waals surface area contributed by atoms with Crippen LogP contribution in [0.25, 0.3) is 0 Å². The predicted octanol–water partition coefficient (Wildman–Crippen LogP) is 6.60. The van der Waals surface area contributed by atoms with E-state index in [0.29, 0.717) is 5.56 Å². The molecule has 1 aromatic heterocycles. The Morgan fingerprint density at radius 1 is 0.933 bits per heavy atom. The van der Waals surface area contributed by atoms with Crippen molar-refractivity contribution in [2.75, 3.05) is 0 Å². The van der Waals surface area contributed by atoms with Gasteiger partial charge in [0, 0.05) is 18.9 Å². The second-order valence-electron chi connectivity index (χ2n) is 6.26. The molecule has 0 unspecified atom stereocenters. The van der Waals surface area contributed by atoms with E-state index in [9.17, 15) is 18.0 Å². The van der Waals surface area contributed by atoms with E-state index >= 15 is 0 Å². The molecule has 0 amide bonds. The zero-order chi connectivity index (χ0) is 21.9. The van der Waals surface area contributed by atoms with Gasteiger partial charge in [0.2, 0.25) is 5.88 Å². The van der Waals surface area contributed by atoms with Crippen molar-refractivity contribution in [1.29, 1.82) is 0 Å². The Bertz CT molecular complexity index is 1070. The average Bonchev–Trinajstić information content (AvgIpc) is 2.64. The van der Waals surface area contributed by atoms with Gasteiger partial charge in [0.15, 0.2) is 5.75 Å². The Balaban J connectivity index is 1.72. The van der Waals surface area contributed by atoms with Gasteiger partial charge in [-0.2, -0.15) is 13.2 Å². The Labute approximate surface area is 184 Å². The molecule has 0 N–H and O–H groups in total. The summed E-state index contributed by atoms with van der Waals surface area (Å²) in [5, 5.41) is 0.447. The minimum Gasteiger partial charge on any atom is -0.436 e. The standard InChI is InChI=1S/C20H12Cl3F3N2O2/c21-15-7-12(8-16(22)19(15)30-18-9-17(23)27-10-28-18)6-14(29)5-11-2-1-3-13(4-11)20(24,25)26/h1-4,7-10H,5-6H2. The maximum Gasteiger partial charge on any atom is 0.416 e. The summed E-state index contributed by atoms with van der Waals surface area (Å²) in [7, 11) is 0. The van der Waals surface area contributed by atoms with E-state index in [1.165, 1.54) is 36.7 Å². The Morgan fingerprint density at radius 2 is 1.60 bits per heavy atom. The molecule has 10 heteroatoms. The van der Waals surface area contributed by atoms with Crippen molar-refractivity contribution in [3.05, 3.63) is 80.7 Å². The van der Waals surface area contributed by atoms with Gasteiger partial charge in [-0.25, -0.2) is 9.97 Å². The van der Waals surface area contributed by atoms with E-state index in [2.05, 4.69) is 9.97 Å². The molecule has 4 nitrogen and oxygen atoms in total. The van der Waals surface area contributed by atoms with Crippen LogP contribution in [0.15, 0.2) is 48.8 Å². The first-order chi connectivity index (χ1) is 14.1. The highest BCUT2D eigenvalue weighted by Gasteiger charge is 2.30. The third-order valence-electron chi connectivity index (χ3n) is 3.93. The smallest absolute Gasteiger partial charge is 0.416 e. The summed E-state index contributed by atoms with van der Waals surface area (Å²) in [6.45, 7) is 0. The molecule has 1 heterocycles. The summed E-state index contributed by atoms with van der Waals surface area (Å²) in [4.78, 5) is 20.0. The fourth-order valence-corrected chi connectivity index (χ4v) is 3.41. The summed E-state index contributed by atoms with van der Waals surface area (Å²) in [5.74, 6) is -0.0351. The molecule has 30 heavy (non-hydrogen) atoms. The van der Waals surface area contributed by atoms with Crippen molar-refractivity contribution in [3.63, 3.8) is 0 Å². The van der Waals surface area contributed by atoms with Gasteiger partial charge in [-0.05, 0) is 29.3 Å². The Morgan fingerprint density at radius 3 is 2.23 bits per heavy atom. The fraction of sp³-hybridized carbons (Fsp3) is 0.150. The largest absolute Gasteiger partial charge is 0.436 e. The van der Waals surface area contributed by atoms with Crippen LogP contribution in [0, 0.1) is 0 Å². The third-order valence-corrected chi connectivity index (χ3v) is 4.70. The molecular weight excluding hydrogens is 464 g/mol. The van der Waals surface area contributed by atoms with E-state index in [4.69, 9.17) is 39.5 Å². The summed E-state index contributed by atoms with van der Waals surface area (Å²) < 4.78 is 44.0. The molecule has 3 rings (SSSR count). The predicted molar refractivity (Wildman–Crippen MR) is 107 cm³/mol. The molecule has 0 fully saturated rings. The van der Waals surface area contributed by atoms with Crippen LogP contribution in [0.2, 0.25) is 15.2 Å². The lowest BCUT2D eigenvalue weighted by Gasteiger charge is -2.11. The minimum atomic E-state index is -4.47. The van der Waals surface area contributed by atoms with Gasteiger partial charge < -0.3 is 4.74 Å². The van der Waals surface area contributed by atoms with Crippen LogP contribution in [0.4, 0.5) is 13.2 Å². The quantitative estimate of drug-likeness (QED) is 0.377. The summed E-state index contributed by atoms with van der Waals surface area (Å²) in [6.07, 6.45) is -3.48. The second-order valence-corrected chi connectivity index (χ2v) is 7.46. The molecule has 0 aliphatic carbocycles. The van der Waals surface area contributed by atoms with Crippen LogP contribution >= 0.6 is 34.8 Å². The number of Topliss-reactive ketones (excluding diaryl/α,β-unsaturated/α-hetero) is 1. The summed E-state index contributed by atoms with van der Waals surface area (Å²) in [6, 6.07) is 9.02. The van der Waals surface area contributed by atoms with Crippen LogP contribution in [-0.2, 0) is 23.8 Å². The van der Waals surface area contributed by atoms with Crippen LogP contribution in [0.3, 0.4) is 0 Å². The normalized spacial score (nSPS) is 11.4. The molecule has 0 saturated carbocycles. The summed E-state index contributed by atoms with van der Waals surface area (Å²) in [5.41, 5.74) is -0.0344. The van der Waals surface area contributed by atoms with Crippen LogP contribution in [0.1, 0.15) is 16.7 Å². The minimum absolute atomic E-state index is 0.0602. The lowest BCUT2D eigenvalue weighted by atomic mass is 10.0. The number of rotatable bonds is 6. The Hall–Kier alpha value is -2.35. The molecular formula is C20H12Cl3F3N2O2. The number of aromatic nitrogens is 2. The number of hydrogen-bond donors (Lipinski definition) is 0. The molecule has 156 valence electrons. The maximum atomic E-state index is 12.8. The number of hydrogen-bond acceptors (Lipinski definition) is 4. The van der Waals surface area contributed by atoms with Gasteiger partial charge in [-0.3, -0.25) is 4.79 Å². The van der Waals surface area contributed by atoms with E-state index in [1.807, 2.05) is 0 Å². The number of nitrogens with zero attached hydrogens (tertiary/aromatic N) is 2. The molecule has 3 aromatic rings. The average molecular weight is 476 g/mol. The zero-order valence-corrected chi connectivity index (χ0v) is 17.3. The molecule has 0 saturated heterocycles. The number of carbonyl (C=O) groups is 1. The van der Waals surface area contributed by atoms with Gasteiger partial charge in [0.25, 0.3) is 0 Å². The number of ketones is 1. The van der Waals surface area contributed by atoms with E-state index in [0.717, 1.165) is 12.1 Å². The van der Waals surface area contributed by atoms with Crippen molar-refractivity contribution >= 4 is 40.6 Å². The molecule has 0 bridgehead atoms. The zero-order valence-electron chi connectivity index (χ0n) is 15.0. The van der Waals surface area contributed by atoms with Crippen molar-refractivity contribution < 1.29 is 22.7 Å². The lowest BCUT2D eigenvalue weighted by molar-refractivity contribution is -0.137. The lowest BCUT2D eigenvalue weighted by Crippen LogP contribution is -2.09. The number of halogens is 6. The number of benzene rings is 2. The summed E-state index contributed by atoms with van der Waals surface area (Å²) >= 11 is 18.2. The SMILES string of the molecule is O=C(Cc1cccc(C(F)(F)F)c1)Cc1cc(Cl)c(Oc2cc(Cl)ncn2)c(Cl)c1. The molecule has 0 atom stereocenters. The Kier molecular flexibility index (Phi) is 6.85. The van der Waals surface area contributed by atoms with Gasteiger partial charge in [0.1, 0.15) is 17.3 Å². The monoisotopic (exact) mass is 474 g/mol. The van der Waals surface area contributed by atoms with Crippen LogP contribution in [0.5, 0.6) is 11.6 Å². The van der Waals surface area contributed by atoms with Crippen LogP contribution in [-0.4, -0.2) is 15.8 Å². The number of alkyl halides is 3. The highest BCUT2D eigenvalue weighted by atomic mass is 35.5. The van der Waals surface area contributed by atoms with Gasteiger partial charge in [-0.1, -0.05) is 53.0 Å². The topological polar surface area (TPSA) is 52.1 Å². The van der Waals surface area contributed by atoms with E-state index in [1.54, 1.807) is 0 Å². The van der Waals surface area contributed by atoms with Gasteiger partial charge in [-0.15, -0.1) is 0 Å². The van der Waals surface area contributed by atoms with Crippen molar-refractivity contribution in [2.45, 2.75) is 19.0 Å². The van der Waals surface area contributed by atoms with E-state index < -0.39 is 11.7 Å². The molecule has 0 spiro atoms. The fourth-order valence-electron chi connectivity index (χ4n) is 2.67. The van der Waals surface area contributed by atoms with Crippen molar-refractivity contribution in [2.24, 2.45) is 0 Å². The van der Waals surface area contributed by atoms with Crippen molar-refractivity contribution in [1.82, 2.24) is 9.97 Å². The molecule has 2 aromatic carbocycles. The molecule has 0 aliphatic heterocycles.